The van der Waals surface area contributed by atoms with Crippen LogP contribution < -0.4 is 16.0 Å². The largest absolute Gasteiger partial charge is 0.376 e. The van der Waals surface area contributed by atoms with Gasteiger partial charge in [-0.05, 0) is 56.6 Å². The second-order valence-electron chi connectivity index (χ2n) is 8.56. The van der Waals surface area contributed by atoms with Gasteiger partial charge in [-0.1, -0.05) is 12.1 Å². The molecule has 2 amide bonds. The normalized spacial score (nSPS) is 36.8. The number of ether oxygens (including phenoxy) is 1. The van der Waals surface area contributed by atoms with Gasteiger partial charge < -0.3 is 20.7 Å². The van der Waals surface area contributed by atoms with Crippen molar-refractivity contribution in [3.8, 4) is 0 Å². The van der Waals surface area contributed by atoms with E-state index in [4.69, 9.17) is 4.74 Å². The van der Waals surface area contributed by atoms with E-state index in [1.165, 1.54) is 0 Å². The van der Waals surface area contributed by atoms with Crippen molar-refractivity contribution in [3.63, 3.8) is 0 Å². The first-order valence-corrected chi connectivity index (χ1v) is 10.2. The molecule has 0 radical (unpaired) electrons. The fraction of sp³-hybridized carbons (Fsp3) is 0.619. The maximum Gasteiger partial charge on any atom is 0.255 e. The molecule has 27 heavy (non-hydrogen) atoms. The summed E-state index contributed by atoms with van der Waals surface area (Å²) in [4.78, 5) is 25.5. The first-order chi connectivity index (χ1) is 13.1. The van der Waals surface area contributed by atoms with Crippen LogP contribution in [0.3, 0.4) is 0 Å². The Kier molecular flexibility index (Phi) is 4.11. The molecule has 6 nitrogen and oxygen atoms in total. The molecule has 2 aliphatic heterocycles. The summed E-state index contributed by atoms with van der Waals surface area (Å²) in [7, 11) is 0. The van der Waals surface area contributed by atoms with Crippen molar-refractivity contribution < 1.29 is 14.3 Å². The van der Waals surface area contributed by atoms with Gasteiger partial charge in [-0.3, -0.25) is 9.59 Å². The van der Waals surface area contributed by atoms with Crippen LogP contribution in [0.2, 0.25) is 0 Å². The number of hydrogen-bond donors (Lipinski definition) is 3. The van der Waals surface area contributed by atoms with Gasteiger partial charge in [0.25, 0.3) is 5.91 Å². The van der Waals surface area contributed by atoms with Crippen LogP contribution in [-0.2, 0) is 9.53 Å². The molecule has 3 N–H and O–H groups in total. The number of carbonyl (C=O) groups is 2. The summed E-state index contributed by atoms with van der Waals surface area (Å²) in [6.07, 6.45) is 6.06. The number of amides is 2. The fourth-order valence-electron chi connectivity index (χ4n) is 5.62. The molecule has 2 bridgehead atoms. The Morgan fingerprint density at radius 2 is 2.11 bits per heavy atom. The van der Waals surface area contributed by atoms with Gasteiger partial charge in [0.15, 0.2) is 0 Å². The lowest BCUT2D eigenvalue weighted by molar-refractivity contribution is -0.132. The van der Waals surface area contributed by atoms with Crippen molar-refractivity contribution in [1.29, 1.82) is 0 Å². The van der Waals surface area contributed by atoms with E-state index in [0.29, 0.717) is 18.0 Å². The Hall–Kier alpha value is -2.08. The maximum absolute atomic E-state index is 12.8. The molecule has 1 aromatic rings. The lowest BCUT2D eigenvalue weighted by Crippen LogP contribution is -2.68. The molecule has 1 aromatic carbocycles. The van der Waals surface area contributed by atoms with Gasteiger partial charge in [0.2, 0.25) is 5.91 Å². The number of nitrogens with one attached hydrogen (secondary N) is 3. The lowest BCUT2D eigenvalue weighted by atomic mass is 9.58. The van der Waals surface area contributed by atoms with Crippen LogP contribution in [0.25, 0.3) is 0 Å². The first-order valence-electron chi connectivity index (χ1n) is 10.2. The molecule has 4 fully saturated rings. The van der Waals surface area contributed by atoms with Crippen LogP contribution in [0.4, 0.5) is 5.69 Å². The number of fused-ring (bicyclic) bond motifs is 3. The van der Waals surface area contributed by atoms with E-state index in [-0.39, 0.29) is 29.8 Å². The Labute approximate surface area is 159 Å². The summed E-state index contributed by atoms with van der Waals surface area (Å²) in [6, 6.07) is 7.68. The van der Waals surface area contributed by atoms with E-state index in [0.717, 1.165) is 50.8 Å². The highest BCUT2D eigenvalue weighted by molar-refractivity contribution is 6.02. The van der Waals surface area contributed by atoms with Gasteiger partial charge in [-0.2, -0.15) is 0 Å². The second-order valence-corrected chi connectivity index (χ2v) is 8.56. The number of carbonyl (C=O) groups excluding carboxylic acids is 2. The average molecular weight is 369 g/mol. The van der Waals surface area contributed by atoms with Crippen LogP contribution in [0.1, 0.15) is 48.9 Å². The highest BCUT2D eigenvalue weighted by atomic mass is 16.5. The van der Waals surface area contributed by atoms with Crippen LogP contribution >= 0.6 is 0 Å². The topological polar surface area (TPSA) is 79.5 Å². The van der Waals surface area contributed by atoms with Crippen LogP contribution in [0, 0.1) is 17.8 Å². The first kappa shape index (κ1) is 17.0. The number of anilines is 1. The molecule has 3 aliphatic carbocycles. The molecule has 1 saturated heterocycles. The van der Waals surface area contributed by atoms with Gasteiger partial charge in [0, 0.05) is 30.7 Å². The average Bonchev–Trinajstić information content (AvgIpc) is 3.20. The third-order valence-corrected chi connectivity index (χ3v) is 7.01. The molecule has 2 heterocycles. The van der Waals surface area contributed by atoms with Gasteiger partial charge in [0.05, 0.1) is 11.7 Å². The van der Waals surface area contributed by atoms with Crippen molar-refractivity contribution in [2.75, 3.05) is 18.5 Å². The molecule has 3 saturated carbocycles. The molecule has 5 atom stereocenters. The minimum atomic E-state index is -0.403. The molecule has 0 unspecified atom stereocenters. The smallest absolute Gasteiger partial charge is 0.255 e. The zero-order valence-corrected chi connectivity index (χ0v) is 15.5. The van der Waals surface area contributed by atoms with E-state index in [1.807, 2.05) is 24.3 Å². The predicted octanol–water partition coefficient (Wildman–Crippen LogP) is 2.27. The quantitative estimate of drug-likeness (QED) is 0.764. The highest BCUT2D eigenvalue weighted by Gasteiger charge is 2.55. The molecule has 1 spiro atoms. The van der Waals surface area contributed by atoms with Gasteiger partial charge in [-0.25, -0.2) is 0 Å². The van der Waals surface area contributed by atoms with E-state index in [2.05, 4.69) is 16.0 Å². The monoisotopic (exact) mass is 369 g/mol. The summed E-state index contributed by atoms with van der Waals surface area (Å²) in [5.41, 5.74) is 1.21. The third-order valence-electron chi connectivity index (χ3n) is 7.01. The minimum Gasteiger partial charge on any atom is -0.376 e. The van der Waals surface area contributed by atoms with E-state index in [9.17, 15) is 9.59 Å². The van der Waals surface area contributed by atoms with Crippen molar-refractivity contribution in [1.82, 2.24) is 10.6 Å². The van der Waals surface area contributed by atoms with Crippen molar-refractivity contribution in [2.24, 2.45) is 17.8 Å². The molecule has 144 valence electrons. The Balaban J connectivity index is 1.29. The standard InChI is InChI=1S/C21H27N3O3/c25-19(22-12-15-4-3-9-27-15)17-10-14-8-7-13(17)11-21(14)23-18-6-2-1-5-16(18)20(26)24-21/h1-2,5-6,13-15,17,23H,3-4,7-12H2,(H,22,25)(H,24,26)/t13-,14+,15+,17+,21-/m1/s1. The summed E-state index contributed by atoms with van der Waals surface area (Å²) in [5.74, 6) is 0.788. The highest BCUT2D eigenvalue weighted by Crippen LogP contribution is 2.51. The van der Waals surface area contributed by atoms with E-state index in [1.54, 1.807) is 0 Å². The van der Waals surface area contributed by atoms with Crippen molar-refractivity contribution >= 4 is 17.5 Å². The van der Waals surface area contributed by atoms with Gasteiger partial charge in [0.1, 0.15) is 5.66 Å². The SMILES string of the molecule is O=C1N[C@@]2(C[C@H]3CC[C@H]2C[C@@H]3C(=O)NC[C@@H]2CCCO2)Nc2ccccc21. The van der Waals surface area contributed by atoms with Crippen LogP contribution in [0.5, 0.6) is 0 Å². The number of rotatable bonds is 3. The minimum absolute atomic E-state index is 0.00344. The molecule has 0 aromatic heterocycles. The van der Waals surface area contributed by atoms with Crippen LogP contribution in [-0.4, -0.2) is 36.7 Å². The molecule has 6 rings (SSSR count). The Morgan fingerprint density at radius 1 is 1.22 bits per heavy atom. The van der Waals surface area contributed by atoms with E-state index >= 15 is 0 Å². The summed E-state index contributed by atoms with van der Waals surface area (Å²) < 4.78 is 5.62. The van der Waals surface area contributed by atoms with Crippen molar-refractivity contribution in [2.45, 2.75) is 50.3 Å². The fourth-order valence-corrected chi connectivity index (χ4v) is 5.62. The number of hydrogen-bond acceptors (Lipinski definition) is 4. The number of para-hydroxylation sites is 1. The zero-order valence-electron chi connectivity index (χ0n) is 15.5. The van der Waals surface area contributed by atoms with Gasteiger partial charge >= 0.3 is 0 Å². The maximum atomic E-state index is 12.8. The molecule has 5 aliphatic rings. The molecule has 6 heteroatoms. The molecular weight excluding hydrogens is 342 g/mol. The predicted molar refractivity (Wildman–Crippen MR) is 101 cm³/mol. The lowest BCUT2D eigenvalue weighted by Gasteiger charge is -2.56. The third kappa shape index (κ3) is 2.90. The Bertz CT molecular complexity index is 761. The summed E-state index contributed by atoms with van der Waals surface area (Å²) >= 11 is 0. The second kappa shape index (κ2) is 6.51. The number of benzene rings is 1. The summed E-state index contributed by atoms with van der Waals surface area (Å²) in [5, 5.41) is 10.0. The molecular formula is C21H27N3O3. The Morgan fingerprint density at radius 3 is 2.89 bits per heavy atom. The van der Waals surface area contributed by atoms with Gasteiger partial charge in [-0.15, -0.1) is 0 Å². The summed E-state index contributed by atoms with van der Waals surface area (Å²) in [6.45, 7) is 1.43. The van der Waals surface area contributed by atoms with Crippen LogP contribution in [0.15, 0.2) is 24.3 Å². The van der Waals surface area contributed by atoms with Crippen molar-refractivity contribution in [3.05, 3.63) is 29.8 Å². The zero-order chi connectivity index (χ0) is 18.4. The van der Waals surface area contributed by atoms with E-state index < -0.39 is 5.66 Å².